The molecular weight excluding hydrogens is 326 g/mol. The summed E-state index contributed by atoms with van der Waals surface area (Å²) in [7, 11) is 0. The highest BCUT2D eigenvalue weighted by atomic mass is 79.9. The molecule has 2 aliphatic rings. The van der Waals surface area contributed by atoms with Crippen molar-refractivity contribution in [2.24, 2.45) is 5.92 Å². The van der Waals surface area contributed by atoms with Crippen molar-refractivity contribution in [1.29, 1.82) is 0 Å². The number of benzene rings is 1. The van der Waals surface area contributed by atoms with Crippen molar-refractivity contribution in [1.82, 2.24) is 4.90 Å². The van der Waals surface area contributed by atoms with E-state index in [1.807, 2.05) is 12.1 Å². The molecular formula is C14H16BrNO4. The Morgan fingerprint density at radius 2 is 2.05 bits per heavy atom. The number of likely N-dealkylation sites (tertiary alicyclic amines) is 1. The van der Waals surface area contributed by atoms with E-state index >= 15 is 0 Å². The van der Waals surface area contributed by atoms with Gasteiger partial charge < -0.3 is 14.6 Å². The maximum atomic E-state index is 11.0. The van der Waals surface area contributed by atoms with Crippen molar-refractivity contribution in [3.05, 3.63) is 22.2 Å². The molecule has 1 saturated heterocycles. The van der Waals surface area contributed by atoms with Crippen molar-refractivity contribution < 1.29 is 19.4 Å². The molecule has 0 spiro atoms. The second-order valence-corrected chi connectivity index (χ2v) is 6.00. The lowest BCUT2D eigenvalue weighted by atomic mass is 10.1. The number of hydrogen-bond donors (Lipinski definition) is 1. The van der Waals surface area contributed by atoms with Gasteiger partial charge in [0.1, 0.15) is 13.2 Å². The summed E-state index contributed by atoms with van der Waals surface area (Å²) in [5.74, 6) is 0.583. The van der Waals surface area contributed by atoms with E-state index in [0.29, 0.717) is 19.8 Å². The second-order valence-electron chi connectivity index (χ2n) is 5.15. The lowest BCUT2D eigenvalue weighted by molar-refractivity contribution is -0.141. The summed E-state index contributed by atoms with van der Waals surface area (Å²) in [5.41, 5.74) is 1.10. The van der Waals surface area contributed by atoms with Crippen LogP contribution in [0.3, 0.4) is 0 Å². The number of halogens is 1. The number of ether oxygens (including phenoxy) is 2. The van der Waals surface area contributed by atoms with Gasteiger partial charge in [-0.05, 0) is 30.7 Å². The van der Waals surface area contributed by atoms with Crippen LogP contribution in [0.1, 0.15) is 12.0 Å². The molecule has 2 aliphatic heterocycles. The number of aliphatic carboxylic acids is 1. The maximum absolute atomic E-state index is 11.0. The first kappa shape index (κ1) is 13.7. The molecule has 3 rings (SSSR count). The fourth-order valence-electron chi connectivity index (χ4n) is 2.65. The van der Waals surface area contributed by atoms with Crippen LogP contribution in [0.5, 0.6) is 11.5 Å². The summed E-state index contributed by atoms with van der Waals surface area (Å²) in [5, 5.41) is 9.04. The van der Waals surface area contributed by atoms with Crippen LogP contribution in [0.25, 0.3) is 0 Å². The van der Waals surface area contributed by atoms with Crippen molar-refractivity contribution in [2.75, 3.05) is 26.3 Å². The van der Waals surface area contributed by atoms with E-state index < -0.39 is 5.97 Å². The molecule has 0 saturated carbocycles. The third-order valence-corrected chi connectivity index (χ3v) is 4.46. The van der Waals surface area contributed by atoms with Crippen LogP contribution >= 0.6 is 15.9 Å². The molecule has 1 N–H and O–H groups in total. The van der Waals surface area contributed by atoms with Crippen molar-refractivity contribution in [2.45, 2.75) is 13.0 Å². The van der Waals surface area contributed by atoms with Crippen LogP contribution in [0, 0.1) is 5.92 Å². The van der Waals surface area contributed by atoms with E-state index in [9.17, 15) is 4.79 Å². The fraction of sp³-hybridized carbons (Fsp3) is 0.500. The van der Waals surface area contributed by atoms with Crippen molar-refractivity contribution in [3.63, 3.8) is 0 Å². The van der Waals surface area contributed by atoms with Crippen molar-refractivity contribution in [3.8, 4) is 11.5 Å². The molecule has 0 bridgehead atoms. The van der Waals surface area contributed by atoms with E-state index in [1.165, 1.54) is 0 Å². The van der Waals surface area contributed by atoms with Gasteiger partial charge in [0.15, 0.2) is 11.5 Å². The average Bonchev–Trinajstić information content (AvgIpc) is 2.88. The predicted octanol–water partition coefficient (Wildman–Crippen LogP) is 2.13. The largest absolute Gasteiger partial charge is 0.486 e. The number of nitrogens with zero attached hydrogens (tertiary/aromatic N) is 1. The topological polar surface area (TPSA) is 59.0 Å². The molecule has 1 aromatic carbocycles. The van der Waals surface area contributed by atoms with E-state index in [1.54, 1.807) is 0 Å². The zero-order valence-corrected chi connectivity index (χ0v) is 12.6. The van der Waals surface area contributed by atoms with Gasteiger partial charge >= 0.3 is 5.97 Å². The van der Waals surface area contributed by atoms with E-state index in [0.717, 1.165) is 41.0 Å². The Hall–Kier alpha value is -1.27. The quantitative estimate of drug-likeness (QED) is 0.912. The van der Waals surface area contributed by atoms with Gasteiger partial charge in [-0.2, -0.15) is 0 Å². The Kier molecular flexibility index (Phi) is 3.85. The van der Waals surface area contributed by atoms with Gasteiger partial charge in [-0.3, -0.25) is 9.69 Å². The van der Waals surface area contributed by atoms with E-state index in [-0.39, 0.29) is 5.92 Å². The normalized spacial score (nSPS) is 21.9. The monoisotopic (exact) mass is 341 g/mol. The van der Waals surface area contributed by atoms with Gasteiger partial charge in [0.2, 0.25) is 0 Å². The van der Waals surface area contributed by atoms with E-state index in [4.69, 9.17) is 14.6 Å². The summed E-state index contributed by atoms with van der Waals surface area (Å²) in [6.07, 6.45) is 0.720. The van der Waals surface area contributed by atoms with Crippen LogP contribution < -0.4 is 9.47 Å². The average molecular weight is 342 g/mol. The van der Waals surface area contributed by atoms with Gasteiger partial charge in [0, 0.05) is 17.6 Å². The molecule has 108 valence electrons. The lowest BCUT2D eigenvalue weighted by Crippen LogP contribution is -2.23. The maximum Gasteiger partial charge on any atom is 0.307 e. The Morgan fingerprint density at radius 1 is 1.35 bits per heavy atom. The number of carboxylic acids is 1. The van der Waals surface area contributed by atoms with Gasteiger partial charge in [0.25, 0.3) is 0 Å². The molecule has 5 nitrogen and oxygen atoms in total. The predicted molar refractivity (Wildman–Crippen MR) is 76.2 cm³/mol. The number of carboxylic acid groups (broad SMARTS) is 1. The molecule has 2 heterocycles. The minimum absolute atomic E-state index is 0.244. The lowest BCUT2D eigenvalue weighted by Gasteiger charge is -2.22. The third kappa shape index (κ3) is 2.76. The zero-order valence-electron chi connectivity index (χ0n) is 11.0. The third-order valence-electron chi connectivity index (χ3n) is 3.73. The standard InChI is InChI=1S/C14H16BrNO4/c15-11-6-13-12(19-3-4-20-13)5-10(11)8-16-2-1-9(7-16)14(17)18/h5-6,9H,1-4,7-8H2,(H,17,18)/t9-/m1/s1. The molecule has 1 fully saturated rings. The van der Waals surface area contributed by atoms with Crippen LogP contribution in [0.4, 0.5) is 0 Å². The number of fused-ring (bicyclic) bond motifs is 1. The summed E-state index contributed by atoms with van der Waals surface area (Å²) in [4.78, 5) is 13.1. The molecule has 6 heteroatoms. The molecule has 0 unspecified atom stereocenters. The summed E-state index contributed by atoms with van der Waals surface area (Å²) >= 11 is 3.55. The zero-order chi connectivity index (χ0) is 14.1. The summed E-state index contributed by atoms with van der Waals surface area (Å²) < 4.78 is 12.1. The first-order chi connectivity index (χ1) is 9.63. The molecule has 0 radical (unpaired) electrons. The van der Waals surface area contributed by atoms with Crippen LogP contribution in [-0.2, 0) is 11.3 Å². The highest BCUT2D eigenvalue weighted by Gasteiger charge is 2.28. The van der Waals surface area contributed by atoms with Crippen molar-refractivity contribution >= 4 is 21.9 Å². The Labute approximate surface area is 125 Å². The van der Waals surface area contributed by atoms with Crippen LogP contribution in [0.15, 0.2) is 16.6 Å². The number of hydrogen-bond acceptors (Lipinski definition) is 4. The van der Waals surface area contributed by atoms with Gasteiger partial charge in [-0.15, -0.1) is 0 Å². The van der Waals surface area contributed by atoms with Gasteiger partial charge in [-0.1, -0.05) is 15.9 Å². The second kappa shape index (κ2) is 5.61. The highest BCUT2D eigenvalue weighted by molar-refractivity contribution is 9.10. The van der Waals surface area contributed by atoms with Gasteiger partial charge in [0.05, 0.1) is 5.92 Å². The molecule has 1 aromatic rings. The molecule has 0 amide bonds. The molecule has 20 heavy (non-hydrogen) atoms. The van der Waals surface area contributed by atoms with Crippen LogP contribution in [-0.4, -0.2) is 42.3 Å². The van der Waals surface area contributed by atoms with Gasteiger partial charge in [-0.25, -0.2) is 0 Å². The minimum atomic E-state index is -0.700. The molecule has 0 aromatic heterocycles. The summed E-state index contributed by atoms with van der Waals surface area (Å²) in [6, 6.07) is 3.90. The molecule has 1 atom stereocenters. The molecule has 0 aliphatic carbocycles. The first-order valence-corrected chi connectivity index (χ1v) is 7.46. The Morgan fingerprint density at radius 3 is 2.70 bits per heavy atom. The Balaban J connectivity index is 1.73. The number of rotatable bonds is 3. The minimum Gasteiger partial charge on any atom is -0.486 e. The smallest absolute Gasteiger partial charge is 0.307 e. The number of carbonyl (C=O) groups is 1. The summed E-state index contributed by atoms with van der Waals surface area (Å²) in [6.45, 7) is 3.29. The highest BCUT2D eigenvalue weighted by Crippen LogP contribution is 2.36. The SMILES string of the molecule is O=C(O)[C@@H]1CCN(Cc2cc3c(cc2Br)OCCO3)C1. The fourth-order valence-corrected chi connectivity index (χ4v) is 3.09. The van der Waals surface area contributed by atoms with E-state index in [2.05, 4.69) is 20.8 Å². The van der Waals surface area contributed by atoms with Crippen LogP contribution in [0.2, 0.25) is 0 Å². The Bertz CT molecular complexity index is 534. The first-order valence-electron chi connectivity index (χ1n) is 6.66.